The van der Waals surface area contributed by atoms with Crippen molar-refractivity contribution in [3.8, 4) is 5.75 Å². The van der Waals surface area contributed by atoms with Gasteiger partial charge in [-0.2, -0.15) is 0 Å². The summed E-state index contributed by atoms with van der Waals surface area (Å²) < 4.78 is 5.24. The molecule has 0 saturated carbocycles. The Morgan fingerprint density at radius 3 is 2.70 bits per heavy atom. The minimum atomic E-state index is -0.321. The molecule has 0 bridgehead atoms. The van der Waals surface area contributed by atoms with E-state index < -0.39 is 0 Å². The molecular weight excluding hydrogens is 346 g/mol. The molecule has 0 spiro atoms. The number of amides is 3. The third-order valence-electron chi connectivity index (χ3n) is 4.65. The van der Waals surface area contributed by atoms with E-state index >= 15 is 0 Å². The van der Waals surface area contributed by atoms with E-state index in [1.165, 1.54) is 7.11 Å². The van der Waals surface area contributed by atoms with Crippen molar-refractivity contribution >= 4 is 23.4 Å². The van der Waals surface area contributed by atoms with Crippen LogP contribution in [0.15, 0.2) is 18.2 Å². The fourth-order valence-electron chi connectivity index (χ4n) is 3.18. The molecule has 1 saturated heterocycles. The molecule has 1 fully saturated rings. The number of likely N-dealkylation sites (tertiary alicyclic amines) is 1. The van der Waals surface area contributed by atoms with Gasteiger partial charge in [-0.05, 0) is 37.5 Å². The maximum Gasteiger partial charge on any atom is 0.243 e. The third-order valence-corrected chi connectivity index (χ3v) is 4.65. The molecule has 148 valence electrons. The minimum absolute atomic E-state index is 0.0665. The zero-order valence-electron chi connectivity index (χ0n) is 16.5. The molecule has 0 aromatic heterocycles. The Hall–Kier alpha value is -2.57. The molecule has 1 aliphatic rings. The third kappa shape index (κ3) is 5.70. The van der Waals surface area contributed by atoms with Crippen molar-refractivity contribution in [1.82, 2.24) is 10.2 Å². The van der Waals surface area contributed by atoms with Crippen molar-refractivity contribution in [2.45, 2.75) is 33.6 Å². The van der Waals surface area contributed by atoms with Crippen LogP contribution in [0.4, 0.5) is 5.69 Å². The van der Waals surface area contributed by atoms with Crippen LogP contribution in [-0.4, -0.2) is 49.4 Å². The van der Waals surface area contributed by atoms with Crippen LogP contribution in [0.5, 0.6) is 5.75 Å². The van der Waals surface area contributed by atoms with Crippen molar-refractivity contribution in [3.63, 3.8) is 0 Å². The van der Waals surface area contributed by atoms with Gasteiger partial charge >= 0.3 is 0 Å². The van der Waals surface area contributed by atoms with Crippen LogP contribution < -0.4 is 15.4 Å². The lowest BCUT2D eigenvalue weighted by Crippen LogP contribution is -2.47. The Balaban J connectivity index is 1.87. The molecule has 7 nitrogen and oxygen atoms in total. The predicted octanol–water partition coefficient (Wildman–Crippen LogP) is 1.95. The van der Waals surface area contributed by atoms with Crippen molar-refractivity contribution in [3.05, 3.63) is 23.8 Å². The maximum absolute atomic E-state index is 12.4. The first-order valence-corrected chi connectivity index (χ1v) is 9.32. The lowest BCUT2D eigenvalue weighted by Gasteiger charge is -2.33. The van der Waals surface area contributed by atoms with E-state index in [-0.39, 0.29) is 36.1 Å². The second-order valence-corrected chi connectivity index (χ2v) is 7.25. The number of piperidine rings is 1. The Kier molecular flexibility index (Phi) is 7.21. The normalized spacial score (nSPS) is 16.8. The van der Waals surface area contributed by atoms with Gasteiger partial charge in [-0.3, -0.25) is 14.4 Å². The quantitative estimate of drug-likeness (QED) is 0.796. The Labute approximate surface area is 160 Å². The molecule has 1 aliphatic heterocycles. The summed E-state index contributed by atoms with van der Waals surface area (Å²) in [6, 6.07) is 5.49. The summed E-state index contributed by atoms with van der Waals surface area (Å²) in [6.45, 7) is 6.62. The molecule has 0 aliphatic carbocycles. The van der Waals surface area contributed by atoms with Crippen LogP contribution in [0.1, 0.15) is 32.3 Å². The van der Waals surface area contributed by atoms with Gasteiger partial charge in [0.15, 0.2) is 0 Å². The number of anilines is 1. The molecule has 7 heteroatoms. The first-order chi connectivity index (χ1) is 12.8. The van der Waals surface area contributed by atoms with Crippen LogP contribution in [0, 0.1) is 18.8 Å². The van der Waals surface area contributed by atoms with Gasteiger partial charge in [-0.1, -0.05) is 19.9 Å². The zero-order valence-corrected chi connectivity index (χ0v) is 16.5. The number of carbonyl (C=O) groups is 3. The van der Waals surface area contributed by atoms with E-state index in [2.05, 4.69) is 10.6 Å². The minimum Gasteiger partial charge on any atom is -0.495 e. The summed E-state index contributed by atoms with van der Waals surface area (Å²) >= 11 is 0. The zero-order chi connectivity index (χ0) is 20.0. The van der Waals surface area contributed by atoms with Crippen LogP contribution in [0.25, 0.3) is 0 Å². The standard InChI is InChI=1S/C20H29N3O4/c1-13(2)20(26)23-9-5-6-15(12-23)19(25)21-11-18(24)22-16-10-14(3)7-8-17(16)27-4/h7-8,10,13,15H,5-6,9,11-12H2,1-4H3,(H,21,25)(H,22,24). The molecule has 2 rings (SSSR count). The van der Waals surface area contributed by atoms with Gasteiger partial charge in [0.2, 0.25) is 17.7 Å². The number of nitrogens with one attached hydrogen (secondary N) is 2. The number of hydrogen-bond acceptors (Lipinski definition) is 4. The Morgan fingerprint density at radius 1 is 1.30 bits per heavy atom. The summed E-state index contributed by atoms with van der Waals surface area (Å²) in [5, 5.41) is 5.44. The van der Waals surface area contributed by atoms with Gasteiger partial charge in [0.05, 0.1) is 25.3 Å². The monoisotopic (exact) mass is 375 g/mol. The molecule has 1 heterocycles. The topological polar surface area (TPSA) is 87.7 Å². The number of hydrogen-bond donors (Lipinski definition) is 2. The Morgan fingerprint density at radius 2 is 2.04 bits per heavy atom. The molecule has 0 radical (unpaired) electrons. The summed E-state index contributed by atoms with van der Waals surface area (Å²) in [4.78, 5) is 38.5. The van der Waals surface area contributed by atoms with E-state index in [0.717, 1.165) is 18.4 Å². The molecule has 27 heavy (non-hydrogen) atoms. The van der Waals surface area contributed by atoms with Gasteiger partial charge in [0.1, 0.15) is 5.75 Å². The van der Waals surface area contributed by atoms with E-state index in [0.29, 0.717) is 24.5 Å². The summed E-state index contributed by atoms with van der Waals surface area (Å²) in [5.74, 6) is -0.238. The number of benzene rings is 1. The van der Waals surface area contributed by atoms with E-state index in [1.54, 1.807) is 11.0 Å². The Bertz CT molecular complexity index is 702. The largest absolute Gasteiger partial charge is 0.495 e. The maximum atomic E-state index is 12.4. The highest BCUT2D eigenvalue weighted by Gasteiger charge is 2.29. The molecule has 3 amide bonds. The molecular formula is C20H29N3O4. The average molecular weight is 375 g/mol. The second kappa shape index (κ2) is 9.39. The number of carbonyl (C=O) groups excluding carboxylic acids is 3. The number of methoxy groups -OCH3 is 1. The van der Waals surface area contributed by atoms with Crippen molar-refractivity contribution in [1.29, 1.82) is 0 Å². The molecule has 2 N–H and O–H groups in total. The highest BCUT2D eigenvalue weighted by molar-refractivity contribution is 5.96. The number of ether oxygens (including phenoxy) is 1. The molecule has 1 aromatic carbocycles. The van der Waals surface area contributed by atoms with Gasteiger partial charge < -0.3 is 20.3 Å². The fraction of sp³-hybridized carbons (Fsp3) is 0.550. The van der Waals surface area contributed by atoms with Crippen LogP contribution in [0.2, 0.25) is 0 Å². The van der Waals surface area contributed by atoms with E-state index in [4.69, 9.17) is 4.74 Å². The van der Waals surface area contributed by atoms with Crippen LogP contribution in [0.3, 0.4) is 0 Å². The lowest BCUT2D eigenvalue weighted by molar-refractivity contribution is -0.138. The summed E-state index contributed by atoms with van der Waals surface area (Å²) in [7, 11) is 1.54. The first-order valence-electron chi connectivity index (χ1n) is 9.32. The molecule has 1 atom stereocenters. The van der Waals surface area contributed by atoms with Gasteiger partial charge in [-0.25, -0.2) is 0 Å². The first kappa shape index (κ1) is 20.7. The molecule has 1 aromatic rings. The van der Waals surface area contributed by atoms with Crippen molar-refractivity contribution in [2.75, 3.05) is 32.1 Å². The van der Waals surface area contributed by atoms with Gasteiger partial charge in [-0.15, -0.1) is 0 Å². The lowest BCUT2D eigenvalue weighted by atomic mass is 9.96. The fourth-order valence-corrected chi connectivity index (χ4v) is 3.18. The number of aryl methyl sites for hydroxylation is 1. The van der Waals surface area contributed by atoms with Gasteiger partial charge in [0.25, 0.3) is 0 Å². The highest BCUT2D eigenvalue weighted by Crippen LogP contribution is 2.25. The van der Waals surface area contributed by atoms with E-state index in [9.17, 15) is 14.4 Å². The van der Waals surface area contributed by atoms with E-state index in [1.807, 2.05) is 32.9 Å². The average Bonchev–Trinajstić information content (AvgIpc) is 2.65. The van der Waals surface area contributed by atoms with Gasteiger partial charge in [0, 0.05) is 19.0 Å². The second-order valence-electron chi connectivity index (χ2n) is 7.25. The van der Waals surface area contributed by atoms with Crippen LogP contribution >= 0.6 is 0 Å². The molecule has 1 unspecified atom stereocenters. The summed E-state index contributed by atoms with van der Waals surface area (Å²) in [6.07, 6.45) is 1.52. The summed E-state index contributed by atoms with van der Waals surface area (Å²) in [5.41, 5.74) is 1.57. The highest BCUT2D eigenvalue weighted by atomic mass is 16.5. The number of nitrogens with zero attached hydrogens (tertiary/aromatic N) is 1. The van der Waals surface area contributed by atoms with Crippen molar-refractivity contribution in [2.24, 2.45) is 11.8 Å². The smallest absolute Gasteiger partial charge is 0.243 e. The van der Waals surface area contributed by atoms with Crippen molar-refractivity contribution < 1.29 is 19.1 Å². The SMILES string of the molecule is COc1ccc(C)cc1NC(=O)CNC(=O)C1CCCN(C(=O)C(C)C)C1. The van der Waals surface area contributed by atoms with Crippen LogP contribution in [-0.2, 0) is 14.4 Å². The number of rotatable bonds is 6. The predicted molar refractivity (Wildman–Crippen MR) is 104 cm³/mol.